The predicted molar refractivity (Wildman–Crippen MR) is 98.4 cm³/mol. The lowest BCUT2D eigenvalue weighted by molar-refractivity contribution is 0.627. The van der Waals surface area contributed by atoms with Gasteiger partial charge in [-0.3, -0.25) is 0 Å². The molecule has 0 atom stereocenters. The van der Waals surface area contributed by atoms with Gasteiger partial charge in [-0.05, 0) is 36.8 Å². The van der Waals surface area contributed by atoms with Gasteiger partial charge in [0.1, 0.15) is 5.82 Å². The Morgan fingerprint density at radius 1 is 1.17 bits per heavy atom. The van der Waals surface area contributed by atoms with Gasteiger partial charge in [-0.1, -0.05) is 41.4 Å². The van der Waals surface area contributed by atoms with Crippen molar-refractivity contribution in [3.05, 3.63) is 69.5 Å². The maximum Gasteiger partial charge on any atom is 0.212 e. The molecule has 0 fully saturated rings. The Kier molecular flexibility index (Phi) is 7.03. The van der Waals surface area contributed by atoms with Gasteiger partial charge >= 0.3 is 0 Å². The summed E-state index contributed by atoms with van der Waals surface area (Å²) in [6, 6.07) is 11.4. The van der Waals surface area contributed by atoms with Crippen LogP contribution in [0.4, 0.5) is 4.39 Å². The molecule has 126 valence electrons. The zero-order valence-electron chi connectivity index (χ0n) is 13.1. The van der Waals surface area contributed by atoms with Crippen LogP contribution in [0, 0.1) is 5.82 Å². The first-order chi connectivity index (χ1) is 11.6. The summed E-state index contributed by atoms with van der Waals surface area (Å²) < 4.78 is 12.9. The molecule has 2 N–H and O–H groups in total. The van der Waals surface area contributed by atoms with Crippen LogP contribution in [0.25, 0.3) is 0 Å². The van der Waals surface area contributed by atoms with Gasteiger partial charge in [0.15, 0.2) is 0 Å². The standard InChI is InChI=1S/C17H17Cl2FN4/c1-2-21-17(22-10-12-3-7-15(20)8-4-12)24-23-11-13-5-6-14(18)9-16(13)19/h3-9,11H,2,10H2,1H3,(H2,21,22,24)/b23-11+. The van der Waals surface area contributed by atoms with E-state index in [0.29, 0.717) is 29.1 Å². The number of nitrogens with one attached hydrogen (secondary N) is 2. The lowest BCUT2D eigenvalue weighted by Gasteiger charge is -2.07. The third-order valence-corrected chi connectivity index (χ3v) is 3.58. The highest BCUT2D eigenvalue weighted by Gasteiger charge is 1.99. The van der Waals surface area contributed by atoms with Crippen molar-refractivity contribution >= 4 is 35.4 Å². The molecule has 0 spiro atoms. The van der Waals surface area contributed by atoms with Gasteiger partial charge in [-0.25, -0.2) is 14.8 Å². The minimum Gasteiger partial charge on any atom is -0.355 e. The molecule has 0 amide bonds. The average Bonchev–Trinajstić information content (AvgIpc) is 2.56. The first kappa shape index (κ1) is 18.2. The van der Waals surface area contributed by atoms with E-state index in [1.165, 1.54) is 12.1 Å². The summed E-state index contributed by atoms with van der Waals surface area (Å²) in [5.41, 5.74) is 4.48. The number of rotatable bonds is 5. The quantitative estimate of drug-likeness (QED) is 0.472. The van der Waals surface area contributed by atoms with E-state index in [1.54, 1.807) is 36.5 Å². The topological polar surface area (TPSA) is 48.8 Å². The molecule has 0 aromatic heterocycles. The van der Waals surface area contributed by atoms with E-state index >= 15 is 0 Å². The number of halogens is 3. The third-order valence-electron chi connectivity index (χ3n) is 3.01. The number of hydrogen-bond donors (Lipinski definition) is 2. The van der Waals surface area contributed by atoms with E-state index < -0.39 is 0 Å². The highest BCUT2D eigenvalue weighted by atomic mass is 35.5. The van der Waals surface area contributed by atoms with Crippen LogP contribution in [-0.2, 0) is 6.54 Å². The fourth-order valence-corrected chi connectivity index (χ4v) is 2.28. The van der Waals surface area contributed by atoms with Crippen molar-refractivity contribution in [1.82, 2.24) is 10.7 Å². The van der Waals surface area contributed by atoms with Crippen LogP contribution in [0.5, 0.6) is 0 Å². The number of guanidine groups is 1. The van der Waals surface area contributed by atoms with E-state index in [-0.39, 0.29) is 5.82 Å². The van der Waals surface area contributed by atoms with Crippen molar-refractivity contribution in [2.45, 2.75) is 13.5 Å². The van der Waals surface area contributed by atoms with Crippen LogP contribution >= 0.6 is 23.2 Å². The van der Waals surface area contributed by atoms with Crippen LogP contribution in [0.3, 0.4) is 0 Å². The molecular weight excluding hydrogens is 350 g/mol. The summed E-state index contributed by atoms with van der Waals surface area (Å²) in [7, 11) is 0. The molecule has 2 aromatic rings. The average molecular weight is 367 g/mol. The highest BCUT2D eigenvalue weighted by Crippen LogP contribution is 2.19. The minimum absolute atomic E-state index is 0.266. The molecule has 0 saturated carbocycles. The summed E-state index contributed by atoms with van der Waals surface area (Å²) in [6.07, 6.45) is 1.59. The lowest BCUT2D eigenvalue weighted by Crippen LogP contribution is -2.34. The zero-order valence-corrected chi connectivity index (χ0v) is 14.6. The Balaban J connectivity index is 2.00. The monoisotopic (exact) mass is 366 g/mol. The summed E-state index contributed by atoms with van der Waals surface area (Å²) in [6.45, 7) is 3.05. The predicted octanol–water partition coefficient (Wildman–Crippen LogP) is 4.22. The Morgan fingerprint density at radius 2 is 1.92 bits per heavy atom. The van der Waals surface area contributed by atoms with E-state index in [1.807, 2.05) is 6.92 Å². The molecule has 24 heavy (non-hydrogen) atoms. The molecule has 7 heteroatoms. The molecule has 0 unspecified atom stereocenters. The lowest BCUT2D eigenvalue weighted by atomic mass is 10.2. The SMILES string of the molecule is CCNC(=NCc1ccc(F)cc1)N/N=C/c1ccc(Cl)cc1Cl. The molecule has 0 aliphatic carbocycles. The summed E-state index contributed by atoms with van der Waals surface area (Å²) >= 11 is 11.9. The van der Waals surface area contributed by atoms with Gasteiger partial charge in [0.05, 0.1) is 17.8 Å². The highest BCUT2D eigenvalue weighted by molar-refractivity contribution is 6.36. The molecule has 2 rings (SSSR count). The Morgan fingerprint density at radius 3 is 2.58 bits per heavy atom. The second-order valence-electron chi connectivity index (χ2n) is 4.86. The smallest absolute Gasteiger partial charge is 0.212 e. The molecule has 0 saturated heterocycles. The molecule has 0 aliphatic heterocycles. The van der Waals surface area contributed by atoms with Gasteiger partial charge in [-0.15, -0.1) is 0 Å². The Bertz CT molecular complexity index is 730. The fraction of sp³-hybridized carbons (Fsp3) is 0.176. The first-order valence-electron chi connectivity index (χ1n) is 7.35. The van der Waals surface area contributed by atoms with E-state index in [4.69, 9.17) is 23.2 Å². The first-order valence-corrected chi connectivity index (χ1v) is 8.11. The number of nitrogens with zero attached hydrogens (tertiary/aromatic N) is 2. The van der Waals surface area contributed by atoms with Gasteiger partial charge in [-0.2, -0.15) is 5.10 Å². The minimum atomic E-state index is -0.266. The number of benzene rings is 2. The Labute approximate surface area is 150 Å². The summed E-state index contributed by atoms with van der Waals surface area (Å²) in [5, 5.41) is 8.28. The normalized spacial score (nSPS) is 11.8. The van der Waals surface area contributed by atoms with E-state index in [9.17, 15) is 4.39 Å². The van der Waals surface area contributed by atoms with Crippen LogP contribution in [0.2, 0.25) is 10.0 Å². The van der Waals surface area contributed by atoms with Crippen molar-refractivity contribution < 1.29 is 4.39 Å². The third kappa shape index (κ3) is 5.83. The van der Waals surface area contributed by atoms with Crippen molar-refractivity contribution in [3.8, 4) is 0 Å². The van der Waals surface area contributed by atoms with Crippen LogP contribution in [-0.4, -0.2) is 18.7 Å². The molecule has 0 heterocycles. The Hall–Kier alpha value is -2.11. The van der Waals surface area contributed by atoms with E-state index in [2.05, 4.69) is 20.8 Å². The number of hydrazone groups is 1. The molecule has 4 nitrogen and oxygen atoms in total. The van der Waals surface area contributed by atoms with Crippen LogP contribution < -0.4 is 10.7 Å². The van der Waals surface area contributed by atoms with Crippen LogP contribution in [0.15, 0.2) is 52.6 Å². The van der Waals surface area contributed by atoms with Crippen molar-refractivity contribution in [1.29, 1.82) is 0 Å². The van der Waals surface area contributed by atoms with E-state index in [0.717, 1.165) is 11.1 Å². The van der Waals surface area contributed by atoms with Crippen LogP contribution in [0.1, 0.15) is 18.1 Å². The van der Waals surface area contributed by atoms with Gasteiger partial charge in [0.25, 0.3) is 0 Å². The molecule has 0 aliphatic rings. The summed E-state index contributed by atoms with van der Waals surface area (Å²) in [5.74, 6) is 0.250. The van der Waals surface area contributed by atoms with Crippen molar-refractivity contribution in [3.63, 3.8) is 0 Å². The van der Waals surface area contributed by atoms with Crippen molar-refractivity contribution in [2.24, 2.45) is 10.1 Å². The molecular formula is C17H17Cl2FN4. The number of hydrogen-bond acceptors (Lipinski definition) is 2. The zero-order chi connectivity index (χ0) is 17.4. The second-order valence-corrected chi connectivity index (χ2v) is 5.70. The molecule has 0 bridgehead atoms. The van der Waals surface area contributed by atoms with Gasteiger partial charge < -0.3 is 5.32 Å². The maximum absolute atomic E-state index is 12.9. The maximum atomic E-state index is 12.9. The van der Waals surface area contributed by atoms with Crippen molar-refractivity contribution in [2.75, 3.05) is 6.54 Å². The largest absolute Gasteiger partial charge is 0.355 e. The fourth-order valence-electron chi connectivity index (χ4n) is 1.83. The number of aliphatic imine (C=N–C) groups is 1. The van der Waals surface area contributed by atoms with Gasteiger partial charge in [0, 0.05) is 17.1 Å². The molecule has 0 radical (unpaired) electrons. The second kappa shape index (κ2) is 9.25. The molecule has 2 aromatic carbocycles. The summed E-state index contributed by atoms with van der Waals surface area (Å²) in [4.78, 5) is 4.39. The van der Waals surface area contributed by atoms with Gasteiger partial charge in [0.2, 0.25) is 5.96 Å².